The molecule has 17 heavy (non-hydrogen) atoms. The van der Waals surface area contributed by atoms with Crippen molar-refractivity contribution in [3.63, 3.8) is 0 Å². The molecule has 2 rings (SSSR count). The first-order chi connectivity index (χ1) is 8.07. The van der Waals surface area contributed by atoms with Crippen LogP contribution < -0.4 is 5.32 Å². The second kappa shape index (κ2) is 4.14. The molecule has 0 aliphatic heterocycles. The number of likely N-dealkylation sites (N-methyl/N-ethyl adjacent to an activating group) is 1. The fraction of sp³-hybridized carbons (Fsp3) is 0.231. The van der Waals surface area contributed by atoms with Crippen LogP contribution in [-0.2, 0) is 0 Å². The number of benzene rings is 1. The van der Waals surface area contributed by atoms with Gasteiger partial charge < -0.3 is 10.4 Å². The van der Waals surface area contributed by atoms with Crippen LogP contribution in [0.2, 0.25) is 0 Å². The van der Waals surface area contributed by atoms with Gasteiger partial charge in [0.15, 0.2) is 11.6 Å². The summed E-state index contributed by atoms with van der Waals surface area (Å²) in [5.74, 6) is -0.604. The van der Waals surface area contributed by atoms with Gasteiger partial charge in [-0.3, -0.25) is 9.59 Å². The lowest BCUT2D eigenvalue weighted by molar-refractivity contribution is 0.0970. The van der Waals surface area contributed by atoms with Gasteiger partial charge in [0.1, 0.15) is 5.75 Å². The summed E-state index contributed by atoms with van der Waals surface area (Å²) in [6, 6.07) is 4.55. The Morgan fingerprint density at radius 2 is 1.94 bits per heavy atom. The van der Waals surface area contributed by atoms with E-state index in [1.54, 1.807) is 26.1 Å². The molecule has 1 aromatic carbocycles. The highest BCUT2D eigenvalue weighted by Gasteiger charge is 2.31. The van der Waals surface area contributed by atoms with Crippen molar-refractivity contribution in [3.8, 4) is 5.75 Å². The number of allylic oxidation sites excluding steroid dienone is 1. The maximum Gasteiger partial charge on any atom is 0.195 e. The second-order valence-electron chi connectivity index (χ2n) is 3.99. The number of carbonyl (C=O) groups excluding carboxylic acids is 2. The average molecular weight is 231 g/mol. The number of hydrogen-bond acceptors (Lipinski definition) is 4. The molecule has 0 amide bonds. The van der Waals surface area contributed by atoms with Crippen molar-refractivity contribution < 1.29 is 14.7 Å². The molecular formula is C13H13NO3. The van der Waals surface area contributed by atoms with Gasteiger partial charge in [0.25, 0.3) is 0 Å². The molecule has 0 bridgehead atoms. The van der Waals surface area contributed by atoms with Gasteiger partial charge in [-0.2, -0.15) is 0 Å². The van der Waals surface area contributed by atoms with Crippen LogP contribution in [0.1, 0.15) is 27.6 Å². The van der Waals surface area contributed by atoms with Crippen LogP contribution in [0.25, 0.3) is 0 Å². The third kappa shape index (κ3) is 1.66. The van der Waals surface area contributed by atoms with Crippen molar-refractivity contribution in [2.75, 3.05) is 13.6 Å². The zero-order valence-electron chi connectivity index (χ0n) is 9.70. The van der Waals surface area contributed by atoms with Gasteiger partial charge in [0.2, 0.25) is 0 Å². The van der Waals surface area contributed by atoms with Crippen molar-refractivity contribution in [2.45, 2.75) is 6.92 Å². The number of phenols is 1. The van der Waals surface area contributed by atoms with Crippen molar-refractivity contribution in [1.29, 1.82) is 0 Å². The van der Waals surface area contributed by atoms with Crippen LogP contribution in [0.3, 0.4) is 0 Å². The molecule has 0 atom stereocenters. The van der Waals surface area contributed by atoms with Crippen LogP contribution in [0.4, 0.5) is 0 Å². The number of fused-ring (bicyclic) bond motifs is 1. The number of aromatic hydroxyl groups is 1. The highest BCUT2D eigenvalue weighted by atomic mass is 16.3. The molecule has 4 nitrogen and oxygen atoms in total. The van der Waals surface area contributed by atoms with E-state index in [-0.39, 0.29) is 28.4 Å². The topological polar surface area (TPSA) is 66.4 Å². The molecule has 4 heteroatoms. The lowest BCUT2D eigenvalue weighted by atomic mass is 9.84. The SMILES string of the molecule is CNCC1=C(C)C(=O)c2cccc(O)c2C1=O. The van der Waals surface area contributed by atoms with Crippen molar-refractivity contribution in [3.05, 3.63) is 40.5 Å². The Bertz CT molecular complexity index is 544. The third-order valence-corrected chi connectivity index (χ3v) is 2.94. The number of carbonyl (C=O) groups is 2. The summed E-state index contributed by atoms with van der Waals surface area (Å²) in [5, 5.41) is 12.6. The largest absolute Gasteiger partial charge is 0.507 e. The Labute approximate surface area is 99.0 Å². The van der Waals surface area contributed by atoms with E-state index in [0.29, 0.717) is 17.7 Å². The average Bonchev–Trinajstić information content (AvgIpc) is 2.31. The predicted molar refractivity (Wildman–Crippen MR) is 63.4 cm³/mol. The molecule has 0 fully saturated rings. The highest BCUT2D eigenvalue weighted by Crippen LogP contribution is 2.31. The summed E-state index contributed by atoms with van der Waals surface area (Å²) in [4.78, 5) is 24.2. The molecule has 1 aliphatic rings. The van der Waals surface area contributed by atoms with E-state index in [2.05, 4.69) is 5.32 Å². The number of Topliss-reactive ketones (excluding diaryl/α,β-unsaturated/α-hetero) is 2. The van der Waals surface area contributed by atoms with E-state index in [1.165, 1.54) is 6.07 Å². The molecule has 0 aromatic heterocycles. The van der Waals surface area contributed by atoms with Crippen LogP contribution >= 0.6 is 0 Å². The number of phenolic OH excluding ortho intramolecular Hbond substituents is 1. The van der Waals surface area contributed by atoms with Gasteiger partial charge >= 0.3 is 0 Å². The molecule has 0 spiro atoms. The van der Waals surface area contributed by atoms with Crippen molar-refractivity contribution in [2.24, 2.45) is 0 Å². The lowest BCUT2D eigenvalue weighted by Gasteiger charge is -2.19. The summed E-state index contributed by atoms with van der Waals surface area (Å²) >= 11 is 0. The fourth-order valence-electron chi connectivity index (χ4n) is 2.02. The third-order valence-electron chi connectivity index (χ3n) is 2.94. The van der Waals surface area contributed by atoms with Gasteiger partial charge in [-0.1, -0.05) is 12.1 Å². The molecule has 88 valence electrons. The zero-order valence-corrected chi connectivity index (χ0v) is 9.70. The molecule has 0 heterocycles. The van der Waals surface area contributed by atoms with Crippen molar-refractivity contribution >= 4 is 11.6 Å². The summed E-state index contributed by atoms with van der Waals surface area (Å²) in [6.07, 6.45) is 0. The Morgan fingerprint density at radius 1 is 1.24 bits per heavy atom. The molecule has 0 saturated carbocycles. The zero-order chi connectivity index (χ0) is 12.6. The van der Waals surface area contributed by atoms with Crippen LogP contribution in [-0.4, -0.2) is 30.3 Å². The van der Waals surface area contributed by atoms with E-state index in [1.807, 2.05) is 0 Å². The molecular weight excluding hydrogens is 218 g/mol. The van der Waals surface area contributed by atoms with Gasteiger partial charge in [-0.15, -0.1) is 0 Å². The quantitative estimate of drug-likeness (QED) is 0.805. The van der Waals surface area contributed by atoms with Gasteiger partial charge in [0, 0.05) is 23.3 Å². The monoisotopic (exact) mass is 231 g/mol. The first-order valence-electron chi connectivity index (χ1n) is 5.33. The Balaban J connectivity index is 2.65. The summed E-state index contributed by atoms with van der Waals surface area (Å²) < 4.78 is 0. The molecule has 0 radical (unpaired) electrons. The number of hydrogen-bond donors (Lipinski definition) is 2. The highest BCUT2D eigenvalue weighted by molar-refractivity contribution is 6.27. The number of ketones is 2. The Morgan fingerprint density at radius 3 is 2.59 bits per heavy atom. The maximum absolute atomic E-state index is 12.2. The standard InChI is InChI=1S/C13H13NO3/c1-7-9(6-14-2)13(17)11-8(12(7)16)4-3-5-10(11)15/h3-5,14-15H,6H2,1-2H3. The van der Waals surface area contributed by atoms with E-state index in [4.69, 9.17) is 0 Å². The lowest BCUT2D eigenvalue weighted by Crippen LogP contribution is -2.26. The number of nitrogens with one attached hydrogen (secondary N) is 1. The number of rotatable bonds is 2. The summed E-state index contributed by atoms with van der Waals surface area (Å²) in [7, 11) is 1.71. The van der Waals surface area contributed by atoms with E-state index in [0.717, 1.165) is 0 Å². The summed E-state index contributed by atoms with van der Waals surface area (Å²) in [6.45, 7) is 1.96. The smallest absolute Gasteiger partial charge is 0.195 e. The Hall–Kier alpha value is -1.94. The van der Waals surface area contributed by atoms with E-state index < -0.39 is 0 Å². The van der Waals surface area contributed by atoms with Crippen molar-refractivity contribution in [1.82, 2.24) is 5.32 Å². The fourth-order valence-corrected chi connectivity index (χ4v) is 2.02. The van der Waals surface area contributed by atoms with E-state index >= 15 is 0 Å². The first kappa shape index (κ1) is 11.5. The molecule has 0 unspecified atom stereocenters. The van der Waals surface area contributed by atoms with Crippen LogP contribution in [0.15, 0.2) is 29.3 Å². The first-order valence-corrected chi connectivity index (χ1v) is 5.33. The normalized spacial score (nSPS) is 15.2. The van der Waals surface area contributed by atoms with Crippen LogP contribution in [0.5, 0.6) is 5.75 Å². The minimum Gasteiger partial charge on any atom is -0.507 e. The van der Waals surface area contributed by atoms with E-state index in [9.17, 15) is 14.7 Å². The molecule has 0 saturated heterocycles. The van der Waals surface area contributed by atoms with Gasteiger partial charge in [-0.05, 0) is 20.0 Å². The van der Waals surface area contributed by atoms with Gasteiger partial charge in [-0.25, -0.2) is 0 Å². The molecule has 1 aromatic rings. The minimum atomic E-state index is -0.274. The summed E-state index contributed by atoms with van der Waals surface area (Å²) in [5.41, 5.74) is 1.27. The predicted octanol–water partition coefficient (Wildman–Crippen LogP) is 1.31. The molecule has 2 N–H and O–H groups in total. The minimum absolute atomic E-state index is 0.119. The van der Waals surface area contributed by atoms with Gasteiger partial charge in [0.05, 0.1) is 5.56 Å². The van der Waals surface area contributed by atoms with Crippen LogP contribution in [0, 0.1) is 0 Å². The Kier molecular flexibility index (Phi) is 2.81. The molecule has 1 aliphatic carbocycles. The second-order valence-corrected chi connectivity index (χ2v) is 3.99. The maximum atomic E-state index is 12.2.